The van der Waals surface area contributed by atoms with Crippen LogP contribution in [0.3, 0.4) is 0 Å². The third-order valence-corrected chi connectivity index (χ3v) is 4.78. The Morgan fingerprint density at radius 1 is 1.25 bits per heavy atom. The van der Waals surface area contributed by atoms with Crippen molar-refractivity contribution < 1.29 is 14.6 Å². The first kappa shape index (κ1) is 20.1. The Bertz CT molecular complexity index is 971. The number of fused-ring (bicyclic) bond motifs is 1. The normalized spacial score (nSPS) is 13.7. The van der Waals surface area contributed by atoms with Gasteiger partial charge in [-0.1, -0.05) is 18.0 Å². The molecule has 3 heterocycles. The summed E-state index contributed by atoms with van der Waals surface area (Å²) in [6, 6.07) is 5.06. The lowest BCUT2D eigenvalue weighted by molar-refractivity contribution is 0.0697. The first-order valence-electron chi connectivity index (χ1n) is 9.13. The van der Waals surface area contributed by atoms with E-state index < -0.39 is 5.97 Å². The van der Waals surface area contributed by atoms with E-state index in [0.717, 1.165) is 5.56 Å². The van der Waals surface area contributed by atoms with Crippen LogP contribution < -0.4 is 10.1 Å². The van der Waals surface area contributed by atoms with Gasteiger partial charge in [0.1, 0.15) is 17.8 Å². The number of carboxylic acids is 1. The number of piperidine rings is 1. The number of hydrogen-bond donors (Lipinski definition) is 2. The zero-order valence-corrected chi connectivity index (χ0v) is 16.7. The van der Waals surface area contributed by atoms with E-state index in [-0.39, 0.29) is 5.56 Å². The lowest BCUT2D eigenvalue weighted by atomic mass is 10.1. The summed E-state index contributed by atoms with van der Waals surface area (Å²) in [7, 11) is 1.57. The fraction of sp³-hybridized carbons (Fsp3) is 0.350. The van der Waals surface area contributed by atoms with Crippen LogP contribution in [-0.2, 0) is 0 Å². The molecule has 2 aromatic heterocycles. The van der Waals surface area contributed by atoms with Crippen LogP contribution in [-0.4, -0.2) is 45.9 Å². The van der Waals surface area contributed by atoms with Gasteiger partial charge in [-0.25, -0.2) is 14.3 Å². The molecule has 3 aromatic rings. The highest BCUT2D eigenvalue weighted by atomic mass is 35.5. The van der Waals surface area contributed by atoms with Gasteiger partial charge in [0, 0.05) is 16.8 Å². The number of ether oxygens (including phenoxy) is 1. The number of carbonyl (C=O) groups is 1. The van der Waals surface area contributed by atoms with Crippen LogP contribution in [0.2, 0.25) is 5.02 Å². The highest BCUT2D eigenvalue weighted by molar-refractivity contribution is 6.31. The van der Waals surface area contributed by atoms with Crippen molar-refractivity contribution in [2.24, 2.45) is 0 Å². The molecule has 1 fully saturated rings. The summed E-state index contributed by atoms with van der Waals surface area (Å²) in [6.07, 6.45) is 7.02. The summed E-state index contributed by atoms with van der Waals surface area (Å²) >= 11 is 6.14. The molecule has 0 atom stereocenters. The molecule has 0 unspecified atom stereocenters. The van der Waals surface area contributed by atoms with Crippen molar-refractivity contribution in [2.75, 3.05) is 20.2 Å². The predicted octanol–water partition coefficient (Wildman–Crippen LogP) is 3.82. The molecule has 0 radical (unpaired) electrons. The number of hydrogen-bond acceptors (Lipinski definition) is 5. The van der Waals surface area contributed by atoms with Crippen molar-refractivity contribution in [2.45, 2.75) is 26.2 Å². The number of halogens is 1. The SMILES string of the molecule is C1CCNCC1.COc1c(C)cc(Cl)cc1-c1ncnn2cc(C(=O)O)cc12. The summed E-state index contributed by atoms with van der Waals surface area (Å²) in [4.78, 5) is 15.4. The molecular formula is C20H23ClN4O3. The molecule has 8 heteroatoms. The summed E-state index contributed by atoms with van der Waals surface area (Å²) in [5, 5.41) is 17.0. The maximum absolute atomic E-state index is 11.1. The van der Waals surface area contributed by atoms with Gasteiger partial charge in [0.25, 0.3) is 0 Å². The van der Waals surface area contributed by atoms with Crippen LogP contribution in [0.5, 0.6) is 5.75 Å². The molecule has 2 N–H and O–H groups in total. The van der Waals surface area contributed by atoms with Gasteiger partial charge in [-0.3, -0.25) is 0 Å². The van der Waals surface area contributed by atoms with Crippen molar-refractivity contribution in [3.8, 4) is 17.0 Å². The molecule has 4 rings (SSSR count). The molecule has 7 nitrogen and oxygen atoms in total. The maximum atomic E-state index is 11.1. The minimum atomic E-state index is -1.02. The molecule has 1 aromatic carbocycles. The number of nitrogens with zero attached hydrogens (tertiary/aromatic N) is 3. The zero-order chi connectivity index (χ0) is 20.1. The number of rotatable bonds is 3. The highest BCUT2D eigenvalue weighted by Crippen LogP contribution is 2.36. The Labute approximate surface area is 168 Å². The van der Waals surface area contributed by atoms with Gasteiger partial charge in [0.2, 0.25) is 0 Å². The molecule has 28 heavy (non-hydrogen) atoms. The summed E-state index contributed by atoms with van der Waals surface area (Å²) in [5.74, 6) is -0.381. The van der Waals surface area contributed by atoms with Crippen LogP contribution in [0.15, 0.2) is 30.7 Å². The average molecular weight is 403 g/mol. The average Bonchev–Trinajstić information content (AvgIpc) is 3.14. The Hall–Kier alpha value is -2.64. The van der Waals surface area contributed by atoms with E-state index in [4.69, 9.17) is 21.4 Å². The van der Waals surface area contributed by atoms with Gasteiger partial charge >= 0.3 is 5.97 Å². The van der Waals surface area contributed by atoms with Crippen LogP contribution >= 0.6 is 11.6 Å². The minimum Gasteiger partial charge on any atom is -0.496 e. The van der Waals surface area contributed by atoms with Gasteiger partial charge < -0.3 is 15.2 Å². The molecule has 148 valence electrons. The van der Waals surface area contributed by atoms with Crippen LogP contribution in [0.25, 0.3) is 16.8 Å². The van der Waals surface area contributed by atoms with E-state index in [1.807, 2.05) is 6.92 Å². The Morgan fingerprint density at radius 3 is 2.57 bits per heavy atom. The van der Waals surface area contributed by atoms with Crippen molar-refractivity contribution in [1.82, 2.24) is 19.9 Å². The lowest BCUT2D eigenvalue weighted by Crippen LogP contribution is -2.21. The molecule has 0 aliphatic carbocycles. The lowest BCUT2D eigenvalue weighted by Gasteiger charge is -2.12. The maximum Gasteiger partial charge on any atom is 0.337 e. The van der Waals surface area contributed by atoms with Gasteiger partial charge in [-0.15, -0.1) is 0 Å². The highest BCUT2D eigenvalue weighted by Gasteiger charge is 2.17. The van der Waals surface area contributed by atoms with E-state index in [2.05, 4.69) is 15.4 Å². The quantitative estimate of drug-likeness (QED) is 0.692. The second-order valence-electron chi connectivity index (χ2n) is 6.59. The second-order valence-corrected chi connectivity index (χ2v) is 7.02. The number of carboxylic acid groups (broad SMARTS) is 1. The van der Waals surface area contributed by atoms with Crippen LogP contribution in [0, 0.1) is 6.92 Å². The Morgan fingerprint density at radius 2 is 2.00 bits per heavy atom. The Kier molecular flexibility index (Phi) is 6.49. The zero-order valence-electron chi connectivity index (χ0n) is 15.9. The fourth-order valence-corrected chi connectivity index (χ4v) is 3.51. The summed E-state index contributed by atoms with van der Waals surface area (Å²) in [5.41, 5.74) is 2.82. The molecule has 0 amide bonds. The first-order chi connectivity index (χ1) is 13.5. The Balaban J connectivity index is 0.000000320. The topological polar surface area (TPSA) is 88.8 Å². The number of nitrogens with one attached hydrogen (secondary N) is 1. The number of methoxy groups -OCH3 is 1. The number of aryl methyl sites for hydroxylation is 1. The number of benzene rings is 1. The van der Waals surface area contributed by atoms with Crippen molar-refractivity contribution in [3.63, 3.8) is 0 Å². The van der Waals surface area contributed by atoms with Gasteiger partial charge in [-0.05, 0) is 56.6 Å². The van der Waals surface area contributed by atoms with Crippen molar-refractivity contribution >= 4 is 23.1 Å². The standard InChI is InChI=1S/C15H12ClN3O3.C5H11N/c1-8-3-10(16)5-11(14(8)22-2)13-12-4-9(15(20)21)6-19(12)18-7-17-13;1-2-4-6-5-3-1/h3-7H,1-2H3,(H,20,21);6H,1-5H2. The first-order valence-corrected chi connectivity index (χ1v) is 9.51. The van der Waals surface area contributed by atoms with Crippen LogP contribution in [0.4, 0.5) is 0 Å². The van der Waals surface area contributed by atoms with E-state index in [1.165, 1.54) is 55.5 Å². The predicted molar refractivity (Wildman–Crippen MR) is 108 cm³/mol. The van der Waals surface area contributed by atoms with Crippen molar-refractivity contribution in [1.29, 1.82) is 0 Å². The molecule has 0 bridgehead atoms. The van der Waals surface area contributed by atoms with Gasteiger partial charge in [-0.2, -0.15) is 5.10 Å². The third kappa shape index (κ3) is 4.43. The van der Waals surface area contributed by atoms with E-state index >= 15 is 0 Å². The molecule has 0 saturated carbocycles. The van der Waals surface area contributed by atoms with E-state index in [1.54, 1.807) is 19.2 Å². The molecule has 0 spiro atoms. The van der Waals surface area contributed by atoms with Gasteiger partial charge in [0.15, 0.2) is 0 Å². The summed E-state index contributed by atoms with van der Waals surface area (Å²) < 4.78 is 6.92. The monoisotopic (exact) mass is 402 g/mol. The van der Waals surface area contributed by atoms with Gasteiger partial charge in [0.05, 0.1) is 18.2 Å². The second kappa shape index (κ2) is 9.03. The minimum absolute atomic E-state index is 0.138. The fourth-order valence-electron chi connectivity index (χ4n) is 3.23. The smallest absolute Gasteiger partial charge is 0.337 e. The molecule has 1 saturated heterocycles. The molecule has 1 aliphatic heterocycles. The molecule has 1 aliphatic rings. The summed E-state index contributed by atoms with van der Waals surface area (Å²) in [6.45, 7) is 4.38. The van der Waals surface area contributed by atoms with E-state index in [0.29, 0.717) is 27.5 Å². The number of aromatic carboxylic acids is 1. The number of aromatic nitrogens is 3. The van der Waals surface area contributed by atoms with Crippen molar-refractivity contribution in [3.05, 3.63) is 46.9 Å². The molecular weight excluding hydrogens is 380 g/mol. The van der Waals surface area contributed by atoms with E-state index in [9.17, 15) is 4.79 Å². The third-order valence-electron chi connectivity index (χ3n) is 4.56. The van der Waals surface area contributed by atoms with Crippen LogP contribution in [0.1, 0.15) is 35.2 Å². The largest absolute Gasteiger partial charge is 0.496 e.